The third-order valence-electron chi connectivity index (χ3n) is 4.95. The zero-order chi connectivity index (χ0) is 31.9. The first-order chi connectivity index (χ1) is 19.8. The Kier molecular flexibility index (Phi) is 33.9. The zero-order valence-electron chi connectivity index (χ0n) is 27.2. The number of nitrogens with one attached hydrogen (secondary N) is 2. The largest absolute Gasteiger partial charge is 0.382 e. The lowest BCUT2D eigenvalue weighted by molar-refractivity contribution is 0.0413. The molecule has 0 amide bonds. The van der Waals surface area contributed by atoms with Gasteiger partial charge in [-0.25, -0.2) is 0 Å². The van der Waals surface area contributed by atoms with E-state index in [1.165, 1.54) is 5.57 Å². The molecule has 0 rings (SSSR count). The molecule has 8 heteroatoms. The molecule has 0 saturated heterocycles. The van der Waals surface area contributed by atoms with Gasteiger partial charge in [-0.05, 0) is 44.4 Å². The Hall–Kier alpha value is -2.33. The highest BCUT2D eigenvalue weighted by Gasteiger charge is 2.17. The minimum absolute atomic E-state index is 0.295. The lowest BCUT2D eigenvalue weighted by Crippen LogP contribution is -2.36. The summed E-state index contributed by atoms with van der Waals surface area (Å²) in [6.07, 6.45) is 21.0. The molecule has 0 saturated carbocycles. The number of hydrogen-bond acceptors (Lipinski definition) is 8. The molecule has 0 aliphatic rings. The van der Waals surface area contributed by atoms with E-state index in [2.05, 4.69) is 62.3 Å². The maximum absolute atomic E-state index is 9.35. The van der Waals surface area contributed by atoms with Gasteiger partial charge < -0.3 is 36.1 Å². The summed E-state index contributed by atoms with van der Waals surface area (Å²) in [4.78, 5) is 0.779. The molecule has 0 aromatic carbocycles. The van der Waals surface area contributed by atoms with E-state index < -0.39 is 12.3 Å². The molecule has 0 bridgehead atoms. The summed E-state index contributed by atoms with van der Waals surface area (Å²) in [5, 5.41) is 6.61. The van der Waals surface area contributed by atoms with Crippen LogP contribution in [0.1, 0.15) is 74.7 Å². The second kappa shape index (κ2) is 32.2. The van der Waals surface area contributed by atoms with E-state index in [-0.39, 0.29) is 0 Å². The van der Waals surface area contributed by atoms with E-state index in [9.17, 15) is 4.55 Å². The SMILES string of the molecule is C=C/C(=C\C=C/COC)C(CNC(=C\CC)/C=C(\C)SO)OC(N)/C=C(/C/C(C)=C\C=C/CC)NCN.CC.CC. The first-order valence-corrected chi connectivity index (χ1v) is 15.4. The Balaban J connectivity index is -0.00000344. The molecule has 41 heavy (non-hydrogen) atoms. The highest BCUT2D eigenvalue weighted by atomic mass is 32.2. The zero-order valence-corrected chi connectivity index (χ0v) is 28.0. The highest BCUT2D eigenvalue weighted by molar-refractivity contribution is 7.97. The Morgan fingerprint density at radius 1 is 1.02 bits per heavy atom. The van der Waals surface area contributed by atoms with E-state index in [0.29, 0.717) is 26.2 Å². The fourth-order valence-corrected chi connectivity index (χ4v) is 3.39. The molecule has 0 aliphatic heterocycles. The van der Waals surface area contributed by atoms with Crippen molar-refractivity contribution in [3.63, 3.8) is 0 Å². The van der Waals surface area contributed by atoms with Gasteiger partial charge in [0, 0.05) is 48.4 Å². The molecule has 0 spiro atoms. The summed E-state index contributed by atoms with van der Waals surface area (Å²) in [6, 6.07) is 0. The van der Waals surface area contributed by atoms with Crippen LogP contribution in [0.15, 0.2) is 94.8 Å². The minimum atomic E-state index is -0.685. The minimum Gasteiger partial charge on any atom is -0.382 e. The smallest absolute Gasteiger partial charge is 0.127 e. The Morgan fingerprint density at radius 3 is 2.22 bits per heavy atom. The van der Waals surface area contributed by atoms with Crippen molar-refractivity contribution >= 4 is 12.0 Å². The predicted molar refractivity (Wildman–Crippen MR) is 183 cm³/mol. The van der Waals surface area contributed by atoms with Crippen molar-refractivity contribution in [1.29, 1.82) is 0 Å². The predicted octanol–water partition coefficient (Wildman–Crippen LogP) is 7.71. The van der Waals surface area contributed by atoms with Crippen LogP contribution < -0.4 is 22.1 Å². The molecule has 7 N–H and O–H groups in total. The van der Waals surface area contributed by atoms with Crippen LogP contribution in [0.3, 0.4) is 0 Å². The second-order valence-corrected chi connectivity index (χ2v) is 9.06. The van der Waals surface area contributed by atoms with E-state index >= 15 is 0 Å². The normalized spacial score (nSPS) is 14.7. The summed E-state index contributed by atoms with van der Waals surface area (Å²) in [7, 11) is 1.65. The molecule has 0 aliphatic carbocycles. The molecular formula is C33H60N4O3S. The molecular weight excluding hydrogens is 532 g/mol. The number of ether oxygens (including phenoxy) is 2. The highest BCUT2D eigenvalue weighted by Crippen LogP contribution is 2.16. The topological polar surface area (TPSA) is 115 Å². The first kappa shape index (κ1) is 43.1. The van der Waals surface area contributed by atoms with Crippen LogP contribution in [-0.4, -0.2) is 43.8 Å². The third kappa shape index (κ3) is 25.1. The van der Waals surface area contributed by atoms with Crippen molar-refractivity contribution in [1.82, 2.24) is 10.6 Å². The standard InChI is InChI=1S/C29H48N4O3S.2C2H6/c1-7-10-11-15-23(4)18-27(33-22-30)20-29(31)36-28(25(9-3)16-12-13-17-35-6)21-32-26(14-8-2)19-24(5)37-34;2*1-2/h9-16,19-20,28-29,32-34H,3,7-8,17-18,21-22,30-31H2,1-2,4-6H3;2*1-2H3/b11-10-,13-12-,23-15-,24-19+,25-16+,26-14-,27-20-;;. The molecule has 2 atom stereocenters. The van der Waals surface area contributed by atoms with Crippen LogP contribution in [0.25, 0.3) is 0 Å². The molecule has 0 fully saturated rings. The van der Waals surface area contributed by atoms with Crippen LogP contribution >= 0.6 is 12.0 Å². The molecule has 0 aromatic heterocycles. The van der Waals surface area contributed by atoms with E-state index in [4.69, 9.17) is 20.9 Å². The quantitative estimate of drug-likeness (QED) is 0.0555. The van der Waals surface area contributed by atoms with Crippen LogP contribution in [0.5, 0.6) is 0 Å². The van der Waals surface area contributed by atoms with Gasteiger partial charge in [0.15, 0.2) is 0 Å². The van der Waals surface area contributed by atoms with Gasteiger partial charge in [0.1, 0.15) is 12.3 Å². The maximum atomic E-state index is 9.35. The third-order valence-corrected chi connectivity index (χ3v) is 5.36. The average molecular weight is 593 g/mol. The summed E-state index contributed by atoms with van der Waals surface area (Å²) in [5.41, 5.74) is 16.0. The van der Waals surface area contributed by atoms with Gasteiger partial charge in [-0.15, -0.1) is 0 Å². The van der Waals surface area contributed by atoms with Crippen LogP contribution in [-0.2, 0) is 9.47 Å². The summed E-state index contributed by atoms with van der Waals surface area (Å²) in [6.45, 7) is 21.3. The number of rotatable bonds is 20. The van der Waals surface area contributed by atoms with Gasteiger partial charge in [-0.2, -0.15) is 0 Å². The number of allylic oxidation sites excluding steroid dienone is 9. The monoisotopic (exact) mass is 592 g/mol. The number of nitrogens with two attached hydrogens (primary N) is 2. The number of methoxy groups -OCH3 is 1. The molecule has 236 valence electrons. The lowest BCUT2D eigenvalue weighted by Gasteiger charge is -2.24. The lowest BCUT2D eigenvalue weighted by atomic mass is 10.1. The van der Waals surface area contributed by atoms with Crippen LogP contribution in [0.2, 0.25) is 0 Å². The fraction of sp³-hybridized carbons (Fsp3) is 0.515. The Morgan fingerprint density at radius 2 is 1.68 bits per heavy atom. The fourth-order valence-electron chi connectivity index (χ4n) is 3.21. The summed E-state index contributed by atoms with van der Waals surface area (Å²) < 4.78 is 20.7. The Labute approximate surface area is 256 Å². The van der Waals surface area contributed by atoms with E-state index in [1.54, 1.807) is 13.2 Å². The van der Waals surface area contributed by atoms with Crippen molar-refractivity contribution in [3.8, 4) is 0 Å². The molecule has 2 unspecified atom stereocenters. The molecule has 0 radical (unpaired) electrons. The van der Waals surface area contributed by atoms with Crippen molar-refractivity contribution in [2.24, 2.45) is 11.5 Å². The van der Waals surface area contributed by atoms with Crippen molar-refractivity contribution in [2.75, 3.05) is 26.9 Å². The second-order valence-electron chi connectivity index (χ2n) is 8.24. The van der Waals surface area contributed by atoms with Crippen LogP contribution in [0.4, 0.5) is 0 Å². The van der Waals surface area contributed by atoms with Gasteiger partial charge in [-0.1, -0.05) is 102 Å². The van der Waals surface area contributed by atoms with Gasteiger partial charge in [-0.3, -0.25) is 0 Å². The first-order valence-electron chi connectivity index (χ1n) is 14.6. The maximum Gasteiger partial charge on any atom is 0.127 e. The van der Waals surface area contributed by atoms with Crippen molar-refractivity contribution in [2.45, 2.75) is 87.0 Å². The number of hydrogen-bond donors (Lipinski definition) is 5. The van der Waals surface area contributed by atoms with Crippen molar-refractivity contribution in [3.05, 3.63) is 94.8 Å². The van der Waals surface area contributed by atoms with E-state index in [0.717, 1.165) is 46.8 Å². The van der Waals surface area contributed by atoms with E-state index in [1.807, 2.05) is 65.0 Å². The molecule has 7 nitrogen and oxygen atoms in total. The summed E-state index contributed by atoms with van der Waals surface area (Å²) in [5.74, 6) is 0. The average Bonchev–Trinajstić information content (AvgIpc) is 2.97. The summed E-state index contributed by atoms with van der Waals surface area (Å²) >= 11 is 0.719. The molecule has 0 aromatic rings. The van der Waals surface area contributed by atoms with Crippen LogP contribution in [0, 0.1) is 0 Å². The van der Waals surface area contributed by atoms with Gasteiger partial charge >= 0.3 is 0 Å². The van der Waals surface area contributed by atoms with Gasteiger partial charge in [0.05, 0.1) is 13.3 Å². The van der Waals surface area contributed by atoms with Gasteiger partial charge in [0.2, 0.25) is 0 Å². The Bertz CT molecular complexity index is 859. The molecule has 0 heterocycles. The van der Waals surface area contributed by atoms with Gasteiger partial charge in [0.25, 0.3) is 0 Å². The van der Waals surface area contributed by atoms with Crippen molar-refractivity contribution < 1.29 is 14.0 Å².